The van der Waals surface area contributed by atoms with Gasteiger partial charge in [-0.2, -0.15) is 0 Å². The maximum absolute atomic E-state index is 9.21. The summed E-state index contributed by atoms with van der Waals surface area (Å²) in [6, 6.07) is 0.239. The third kappa shape index (κ3) is 3.03. The van der Waals surface area contributed by atoms with Gasteiger partial charge in [0.2, 0.25) is 5.95 Å². The lowest BCUT2D eigenvalue weighted by Crippen LogP contribution is -2.22. The van der Waals surface area contributed by atoms with Gasteiger partial charge in [-0.3, -0.25) is 0 Å². The van der Waals surface area contributed by atoms with E-state index in [2.05, 4.69) is 17.2 Å². The molecule has 4 nitrogen and oxygen atoms in total. The molecule has 0 aliphatic heterocycles. The van der Waals surface area contributed by atoms with Crippen molar-refractivity contribution in [3.63, 3.8) is 0 Å². The van der Waals surface area contributed by atoms with Crippen LogP contribution in [0.5, 0.6) is 0 Å². The van der Waals surface area contributed by atoms with Crippen molar-refractivity contribution < 1.29 is 5.11 Å². The predicted molar refractivity (Wildman–Crippen MR) is 57.3 cm³/mol. The van der Waals surface area contributed by atoms with Crippen molar-refractivity contribution in [3.05, 3.63) is 12.4 Å². The molecule has 0 aliphatic rings. The van der Waals surface area contributed by atoms with E-state index in [0.29, 0.717) is 0 Å². The highest BCUT2D eigenvalue weighted by Gasteiger charge is 2.08. The second kappa shape index (κ2) is 5.00. The molecule has 1 rings (SSSR count). The summed E-state index contributed by atoms with van der Waals surface area (Å²) in [5.74, 6) is 0.876. The van der Waals surface area contributed by atoms with Gasteiger partial charge in [-0.15, -0.1) is 0 Å². The number of anilines is 1. The van der Waals surface area contributed by atoms with E-state index in [1.165, 1.54) is 0 Å². The first-order valence-corrected chi connectivity index (χ1v) is 5.09. The third-order valence-electron chi connectivity index (χ3n) is 2.13. The Bertz CT molecular complexity index is 270. The Hall–Kier alpha value is -1.03. The molecule has 1 aromatic rings. The van der Waals surface area contributed by atoms with Crippen LogP contribution < -0.4 is 5.32 Å². The molecule has 4 heteroatoms. The molecule has 0 amide bonds. The zero-order valence-electron chi connectivity index (χ0n) is 9.07. The Morgan fingerprint density at radius 2 is 2.29 bits per heavy atom. The Balaban J connectivity index is 2.51. The normalized spacial score (nSPS) is 15.1. The lowest BCUT2D eigenvalue weighted by molar-refractivity contribution is 0.179. The van der Waals surface area contributed by atoms with Gasteiger partial charge in [0.1, 0.15) is 0 Å². The number of aromatic nitrogens is 2. The van der Waals surface area contributed by atoms with Crippen LogP contribution in [0.2, 0.25) is 0 Å². The molecule has 0 saturated carbocycles. The van der Waals surface area contributed by atoms with E-state index in [0.717, 1.165) is 18.9 Å². The molecule has 0 saturated heterocycles. The molecule has 80 valence electrons. The van der Waals surface area contributed by atoms with Gasteiger partial charge in [-0.05, 0) is 27.2 Å². The van der Waals surface area contributed by atoms with Gasteiger partial charge < -0.3 is 15.0 Å². The van der Waals surface area contributed by atoms with E-state index in [1.807, 2.05) is 17.7 Å². The zero-order chi connectivity index (χ0) is 10.6. The van der Waals surface area contributed by atoms with E-state index >= 15 is 0 Å². The van der Waals surface area contributed by atoms with Crippen molar-refractivity contribution in [2.75, 3.05) is 5.32 Å². The fraction of sp³-hybridized carbons (Fsp3) is 0.700. The first-order valence-electron chi connectivity index (χ1n) is 5.09. The number of aliphatic hydroxyl groups excluding tert-OH is 1. The largest absolute Gasteiger partial charge is 0.393 e. The first kappa shape index (κ1) is 11.0. The minimum absolute atomic E-state index is 0.239. The number of hydrogen-bond acceptors (Lipinski definition) is 3. The Morgan fingerprint density at radius 1 is 1.57 bits per heavy atom. The molecule has 0 fully saturated rings. The number of imidazole rings is 1. The molecule has 0 bridgehead atoms. The van der Waals surface area contributed by atoms with Crippen LogP contribution in [-0.4, -0.2) is 26.8 Å². The van der Waals surface area contributed by atoms with E-state index in [-0.39, 0.29) is 12.1 Å². The molecule has 1 heterocycles. The van der Waals surface area contributed by atoms with Crippen LogP contribution in [0.3, 0.4) is 0 Å². The van der Waals surface area contributed by atoms with Crippen molar-refractivity contribution in [1.29, 1.82) is 0 Å². The van der Waals surface area contributed by atoms with Gasteiger partial charge in [-0.1, -0.05) is 0 Å². The average Bonchev–Trinajstić information content (AvgIpc) is 2.50. The van der Waals surface area contributed by atoms with Crippen molar-refractivity contribution in [1.82, 2.24) is 9.55 Å². The lowest BCUT2D eigenvalue weighted by atomic mass is 10.2. The van der Waals surface area contributed by atoms with E-state index in [1.54, 1.807) is 13.1 Å². The SMILES string of the molecule is CCn1ccnc1NC(C)CC(C)O. The van der Waals surface area contributed by atoms with Crippen LogP contribution in [0.15, 0.2) is 12.4 Å². The molecule has 0 spiro atoms. The molecule has 0 aromatic carbocycles. The maximum atomic E-state index is 9.21. The summed E-state index contributed by atoms with van der Waals surface area (Å²) in [7, 11) is 0. The molecule has 2 N–H and O–H groups in total. The molecule has 2 unspecified atom stereocenters. The van der Waals surface area contributed by atoms with Crippen molar-refractivity contribution >= 4 is 5.95 Å². The van der Waals surface area contributed by atoms with Gasteiger partial charge in [0.15, 0.2) is 0 Å². The summed E-state index contributed by atoms with van der Waals surface area (Å²) in [5.41, 5.74) is 0. The maximum Gasteiger partial charge on any atom is 0.202 e. The number of rotatable bonds is 5. The number of nitrogens with zero attached hydrogens (tertiary/aromatic N) is 2. The zero-order valence-corrected chi connectivity index (χ0v) is 9.07. The summed E-state index contributed by atoms with van der Waals surface area (Å²) in [6.07, 6.45) is 4.18. The smallest absolute Gasteiger partial charge is 0.202 e. The highest BCUT2D eigenvalue weighted by molar-refractivity contribution is 5.27. The standard InChI is InChI=1S/C10H19N3O/c1-4-13-6-5-11-10(13)12-8(2)7-9(3)14/h5-6,8-9,14H,4,7H2,1-3H3,(H,11,12). The van der Waals surface area contributed by atoms with E-state index in [4.69, 9.17) is 0 Å². The molecule has 0 radical (unpaired) electrons. The average molecular weight is 197 g/mol. The number of hydrogen-bond donors (Lipinski definition) is 2. The lowest BCUT2D eigenvalue weighted by Gasteiger charge is -2.16. The fourth-order valence-electron chi connectivity index (χ4n) is 1.50. The monoisotopic (exact) mass is 197 g/mol. The topological polar surface area (TPSA) is 50.1 Å². The van der Waals surface area contributed by atoms with Crippen LogP contribution in [0.4, 0.5) is 5.95 Å². The number of nitrogens with one attached hydrogen (secondary N) is 1. The second-order valence-electron chi connectivity index (χ2n) is 3.67. The van der Waals surface area contributed by atoms with Crippen LogP contribution >= 0.6 is 0 Å². The fourth-order valence-corrected chi connectivity index (χ4v) is 1.50. The Labute approximate surface area is 85.0 Å². The molecular weight excluding hydrogens is 178 g/mol. The first-order chi connectivity index (χ1) is 6.63. The van der Waals surface area contributed by atoms with Gasteiger partial charge in [0.25, 0.3) is 0 Å². The summed E-state index contributed by atoms with van der Waals surface area (Å²) < 4.78 is 2.04. The van der Waals surface area contributed by atoms with Crippen LogP contribution in [0, 0.1) is 0 Å². The van der Waals surface area contributed by atoms with Gasteiger partial charge in [0.05, 0.1) is 6.10 Å². The third-order valence-corrected chi connectivity index (χ3v) is 2.13. The minimum atomic E-state index is -0.275. The predicted octanol–water partition coefficient (Wildman–Crippen LogP) is 1.47. The van der Waals surface area contributed by atoms with Crippen LogP contribution in [0.1, 0.15) is 27.2 Å². The molecule has 2 atom stereocenters. The molecule has 1 aromatic heterocycles. The van der Waals surface area contributed by atoms with E-state index in [9.17, 15) is 5.11 Å². The molecule has 14 heavy (non-hydrogen) atoms. The summed E-state index contributed by atoms with van der Waals surface area (Å²) in [6.45, 7) is 6.82. The summed E-state index contributed by atoms with van der Waals surface area (Å²) >= 11 is 0. The summed E-state index contributed by atoms with van der Waals surface area (Å²) in [5, 5.41) is 12.5. The van der Waals surface area contributed by atoms with Crippen molar-refractivity contribution in [2.24, 2.45) is 0 Å². The summed E-state index contributed by atoms with van der Waals surface area (Å²) in [4.78, 5) is 4.20. The quantitative estimate of drug-likeness (QED) is 0.751. The highest BCUT2D eigenvalue weighted by Crippen LogP contribution is 2.08. The van der Waals surface area contributed by atoms with Crippen LogP contribution in [0.25, 0.3) is 0 Å². The number of aliphatic hydroxyl groups is 1. The van der Waals surface area contributed by atoms with Gasteiger partial charge in [-0.25, -0.2) is 4.98 Å². The molecular formula is C10H19N3O. The Morgan fingerprint density at radius 3 is 2.86 bits per heavy atom. The van der Waals surface area contributed by atoms with Gasteiger partial charge >= 0.3 is 0 Å². The van der Waals surface area contributed by atoms with Crippen molar-refractivity contribution in [2.45, 2.75) is 45.9 Å². The van der Waals surface area contributed by atoms with Crippen LogP contribution in [-0.2, 0) is 6.54 Å². The molecule has 0 aliphatic carbocycles. The minimum Gasteiger partial charge on any atom is -0.393 e. The Kier molecular flexibility index (Phi) is 3.95. The van der Waals surface area contributed by atoms with E-state index < -0.39 is 0 Å². The van der Waals surface area contributed by atoms with Crippen molar-refractivity contribution in [3.8, 4) is 0 Å². The highest BCUT2D eigenvalue weighted by atomic mass is 16.3. The second-order valence-corrected chi connectivity index (χ2v) is 3.67. The van der Waals surface area contributed by atoms with Gasteiger partial charge in [0, 0.05) is 25.0 Å². The number of aryl methyl sites for hydroxylation is 1.